The van der Waals surface area contributed by atoms with Crippen molar-refractivity contribution in [1.29, 1.82) is 0 Å². The normalized spacial score (nSPS) is 9.41. The first-order chi connectivity index (χ1) is 8.26. The maximum absolute atomic E-state index is 11.4. The lowest BCUT2D eigenvalue weighted by molar-refractivity contribution is -0.121. The predicted octanol–water partition coefficient (Wildman–Crippen LogP) is 2.11. The molecule has 3 nitrogen and oxygen atoms in total. The molecule has 0 heterocycles. The van der Waals surface area contributed by atoms with Gasteiger partial charge in [0.25, 0.3) is 0 Å². The molecule has 0 aromatic heterocycles. The second-order valence-corrected chi connectivity index (χ2v) is 3.68. The second kappa shape index (κ2) is 7.34. The summed E-state index contributed by atoms with van der Waals surface area (Å²) in [5, 5.41) is 2.85. The Labute approximate surface area is 102 Å². The van der Waals surface area contributed by atoms with Crippen molar-refractivity contribution in [3.05, 3.63) is 29.8 Å². The number of unbranched alkanes of at least 4 members (excludes halogenated alkanes) is 1. The molecular formula is C14H17NO2. The average molecular weight is 231 g/mol. The molecule has 1 aromatic carbocycles. The molecule has 90 valence electrons. The quantitative estimate of drug-likeness (QED) is 0.601. The molecule has 0 saturated heterocycles. The van der Waals surface area contributed by atoms with Crippen LogP contribution < -0.4 is 10.1 Å². The summed E-state index contributed by atoms with van der Waals surface area (Å²) >= 11 is 0. The maximum Gasteiger partial charge on any atom is 0.220 e. The highest BCUT2D eigenvalue weighted by Crippen LogP contribution is 2.10. The summed E-state index contributed by atoms with van der Waals surface area (Å²) in [5.74, 6) is 3.37. The predicted molar refractivity (Wildman–Crippen MR) is 67.5 cm³/mol. The first-order valence-electron chi connectivity index (χ1n) is 5.59. The molecule has 1 aromatic rings. The van der Waals surface area contributed by atoms with E-state index in [4.69, 9.17) is 11.2 Å². The number of rotatable bonds is 6. The van der Waals surface area contributed by atoms with Crippen LogP contribution in [0.5, 0.6) is 5.75 Å². The largest absolute Gasteiger partial charge is 0.497 e. The molecule has 0 aliphatic heterocycles. The van der Waals surface area contributed by atoms with Gasteiger partial charge in [-0.2, -0.15) is 0 Å². The zero-order chi connectivity index (χ0) is 12.5. The Balaban J connectivity index is 2.29. The summed E-state index contributed by atoms with van der Waals surface area (Å²) in [6, 6.07) is 7.61. The minimum Gasteiger partial charge on any atom is -0.497 e. The van der Waals surface area contributed by atoms with Gasteiger partial charge in [-0.15, -0.1) is 12.3 Å². The van der Waals surface area contributed by atoms with Crippen LogP contribution in [0.2, 0.25) is 0 Å². The number of ether oxygens (including phenoxy) is 1. The molecular weight excluding hydrogens is 214 g/mol. The number of hydrogen-bond donors (Lipinski definition) is 1. The van der Waals surface area contributed by atoms with Gasteiger partial charge < -0.3 is 10.1 Å². The van der Waals surface area contributed by atoms with E-state index in [0.29, 0.717) is 19.4 Å². The van der Waals surface area contributed by atoms with Crippen molar-refractivity contribution in [2.75, 3.05) is 7.11 Å². The van der Waals surface area contributed by atoms with Crippen LogP contribution in [-0.2, 0) is 11.3 Å². The van der Waals surface area contributed by atoms with Crippen LogP contribution in [0.4, 0.5) is 0 Å². The van der Waals surface area contributed by atoms with Gasteiger partial charge in [0, 0.05) is 19.4 Å². The van der Waals surface area contributed by atoms with Gasteiger partial charge >= 0.3 is 0 Å². The van der Waals surface area contributed by atoms with E-state index < -0.39 is 0 Å². The van der Waals surface area contributed by atoms with E-state index in [9.17, 15) is 4.79 Å². The molecule has 1 N–H and O–H groups in total. The van der Waals surface area contributed by atoms with Gasteiger partial charge in [-0.1, -0.05) is 12.1 Å². The Bertz CT molecular complexity index is 390. The standard InChI is InChI=1S/C14H17NO2/c1-3-4-5-6-14(16)15-11-12-7-9-13(17-2)10-8-12/h1,7-10H,4-6,11H2,2H3,(H,15,16). The van der Waals surface area contributed by atoms with Crippen molar-refractivity contribution in [2.45, 2.75) is 25.8 Å². The Hall–Kier alpha value is -1.95. The third kappa shape index (κ3) is 5.07. The zero-order valence-electron chi connectivity index (χ0n) is 10.0. The summed E-state index contributed by atoms with van der Waals surface area (Å²) < 4.78 is 5.05. The highest BCUT2D eigenvalue weighted by atomic mass is 16.5. The van der Waals surface area contributed by atoms with E-state index in [1.165, 1.54) is 0 Å². The molecule has 1 amide bonds. The molecule has 1 rings (SSSR count). The van der Waals surface area contributed by atoms with Gasteiger partial charge in [-0.25, -0.2) is 0 Å². The summed E-state index contributed by atoms with van der Waals surface area (Å²) in [5.41, 5.74) is 1.05. The Morgan fingerprint density at radius 1 is 1.41 bits per heavy atom. The lowest BCUT2D eigenvalue weighted by Crippen LogP contribution is -2.22. The molecule has 0 atom stereocenters. The summed E-state index contributed by atoms with van der Waals surface area (Å²) in [7, 11) is 1.63. The maximum atomic E-state index is 11.4. The second-order valence-electron chi connectivity index (χ2n) is 3.68. The topological polar surface area (TPSA) is 38.3 Å². The Kier molecular flexibility index (Phi) is 5.67. The third-order valence-corrected chi connectivity index (χ3v) is 2.37. The minimum absolute atomic E-state index is 0.0380. The minimum atomic E-state index is 0.0380. The van der Waals surface area contributed by atoms with Gasteiger partial charge in [0.1, 0.15) is 5.75 Å². The lowest BCUT2D eigenvalue weighted by Gasteiger charge is -2.05. The van der Waals surface area contributed by atoms with Gasteiger partial charge in [0.15, 0.2) is 0 Å². The fraction of sp³-hybridized carbons (Fsp3) is 0.357. The van der Waals surface area contributed by atoms with Crippen LogP contribution in [0.3, 0.4) is 0 Å². The molecule has 0 aliphatic carbocycles. The molecule has 3 heteroatoms. The van der Waals surface area contributed by atoms with Crippen molar-refractivity contribution < 1.29 is 9.53 Å². The Morgan fingerprint density at radius 2 is 2.12 bits per heavy atom. The number of amides is 1. The number of benzene rings is 1. The van der Waals surface area contributed by atoms with Crippen LogP contribution in [0.1, 0.15) is 24.8 Å². The van der Waals surface area contributed by atoms with E-state index in [-0.39, 0.29) is 5.91 Å². The summed E-state index contributed by atoms with van der Waals surface area (Å²) in [6.45, 7) is 0.541. The van der Waals surface area contributed by atoms with E-state index in [1.54, 1.807) is 7.11 Å². The number of terminal acetylenes is 1. The number of nitrogens with one attached hydrogen (secondary N) is 1. The van der Waals surface area contributed by atoms with Gasteiger partial charge in [-0.3, -0.25) is 4.79 Å². The van der Waals surface area contributed by atoms with E-state index in [0.717, 1.165) is 17.7 Å². The number of carbonyl (C=O) groups excluding carboxylic acids is 1. The van der Waals surface area contributed by atoms with Crippen LogP contribution >= 0.6 is 0 Å². The first-order valence-corrected chi connectivity index (χ1v) is 5.59. The van der Waals surface area contributed by atoms with E-state index in [1.807, 2.05) is 24.3 Å². The molecule has 0 fully saturated rings. The van der Waals surface area contributed by atoms with Crippen LogP contribution in [0, 0.1) is 12.3 Å². The van der Waals surface area contributed by atoms with Crippen LogP contribution in [-0.4, -0.2) is 13.0 Å². The zero-order valence-corrected chi connectivity index (χ0v) is 10.0. The highest BCUT2D eigenvalue weighted by Gasteiger charge is 2.00. The SMILES string of the molecule is C#CCCCC(=O)NCc1ccc(OC)cc1. The van der Waals surface area contributed by atoms with E-state index in [2.05, 4.69) is 11.2 Å². The monoisotopic (exact) mass is 231 g/mol. The molecule has 0 saturated carbocycles. The third-order valence-electron chi connectivity index (χ3n) is 2.37. The number of hydrogen-bond acceptors (Lipinski definition) is 2. The molecule has 17 heavy (non-hydrogen) atoms. The number of methoxy groups -OCH3 is 1. The van der Waals surface area contributed by atoms with Crippen molar-refractivity contribution in [2.24, 2.45) is 0 Å². The lowest BCUT2D eigenvalue weighted by atomic mass is 10.2. The molecule has 0 radical (unpaired) electrons. The smallest absolute Gasteiger partial charge is 0.220 e. The Morgan fingerprint density at radius 3 is 2.71 bits per heavy atom. The molecule has 0 aliphatic rings. The summed E-state index contributed by atoms with van der Waals surface area (Å²) in [6.07, 6.45) is 6.99. The van der Waals surface area contributed by atoms with Crippen molar-refractivity contribution in [3.8, 4) is 18.1 Å². The van der Waals surface area contributed by atoms with Crippen LogP contribution in [0.25, 0.3) is 0 Å². The molecule has 0 unspecified atom stereocenters. The fourth-order valence-electron chi connectivity index (χ4n) is 1.38. The van der Waals surface area contributed by atoms with E-state index >= 15 is 0 Å². The van der Waals surface area contributed by atoms with Crippen molar-refractivity contribution in [1.82, 2.24) is 5.32 Å². The fourth-order valence-corrected chi connectivity index (χ4v) is 1.38. The number of carbonyl (C=O) groups is 1. The first kappa shape index (κ1) is 13.1. The van der Waals surface area contributed by atoms with Crippen LogP contribution in [0.15, 0.2) is 24.3 Å². The molecule has 0 bridgehead atoms. The van der Waals surface area contributed by atoms with Gasteiger partial charge in [0.2, 0.25) is 5.91 Å². The van der Waals surface area contributed by atoms with Gasteiger partial charge in [0.05, 0.1) is 7.11 Å². The van der Waals surface area contributed by atoms with Crippen molar-refractivity contribution in [3.63, 3.8) is 0 Å². The highest BCUT2D eigenvalue weighted by molar-refractivity contribution is 5.75. The summed E-state index contributed by atoms with van der Waals surface area (Å²) in [4.78, 5) is 11.4. The van der Waals surface area contributed by atoms with Crippen molar-refractivity contribution >= 4 is 5.91 Å². The average Bonchev–Trinajstić information content (AvgIpc) is 2.37. The molecule has 0 spiro atoms. The van der Waals surface area contributed by atoms with Gasteiger partial charge in [-0.05, 0) is 24.1 Å².